The third-order valence-corrected chi connectivity index (χ3v) is 15.3. The Labute approximate surface area is 618 Å². The predicted molar refractivity (Wildman–Crippen MR) is 381 cm³/mol. The summed E-state index contributed by atoms with van der Waals surface area (Å²) in [5.41, 5.74) is 6.15. The van der Waals surface area contributed by atoms with Gasteiger partial charge in [-0.3, -0.25) is 29.8 Å². The van der Waals surface area contributed by atoms with E-state index in [-0.39, 0.29) is 150 Å². The van der Waals surface area contributed by atoms with E-state index in [1.54, 1.807) is 101 Å². The molecule has 9 rings (SSSR count). The van der Waals surface area contributed by atoms with Gasteiger partial charge in [-0.25, -0.2) is 0 Å². The zero-order valence-corrected chi connectivity index (χ0v) is 64.7. The van der Waals surface area contributed by atoms with Crippen LogP contribution in [-0.2, 0) is 88.9 Å². The molecule has 0 aromatic heterocycles. The number of nitrogens with zero attached hydrogens (tertiary/aromatic N) is 8. The van der Waals surface area contributed by atoms with E-state index >= 15 is 0 Å². The van der Waals surface area contributed by atoms with Crippen LogP contribution in [0.3, 0.4) is 0 Å². The molecular formula is C68H90Cl4N8O16Zn2+2. The number of rotatable bonds is 6. The molecule has 4 atom stereocenters. The molecule has 0 saturated heterocycles. The Bertz CT molecular complexity index is 2980. The molecule has 98 heavy (non-hydrogen) atoms. The molecule has 0 spiro atoms. The van der Waals surface area contributed by atoms with Crippen LogP contribution in [0.4, 0.5) is 0 Å². The van der Waals surface area contributed by atoms with Crippen LogP contribution in [0.5, 0.6) is 23.0 Å². The Hall–Kier alpha value is -6.31. The third kappa shape index (κ3) is 35.1. The van der Waals surface area contributed by atoms with E-state index in [1.165, 1.54) is 0 Å². The molecule has 8 bridgehead atoms. The molecule has 6 aromatic rings. The van der Waals surface area contributed by atoms with Crippen molar-refractivity contribution in [3.05, 3.63) is 216 Å². The van der Waals surface area contributed by atoms with Gasteiger partial charge >= 0.3 is 39.0 Å². The van der Waals surface area contributed by atoms with Crippen LogP contribution in [0, 0.1) is 30.6 Å². The SMILES string of the molecule is CCO.CCO.CCO.CCO.O=[N+]([O-])[O-].O=[N+]([O-])[O-].[O-]c1c2cc(Cl)cc1CN(CCc1ccccc1)Cc1cc(Cl)cc(c1O)C=N[C@@H]1CCCC[C@H]1N=Cc1cc(Cl)cc(c1[O-])CN(CCc1ccccc1)Cc1cc(Cl)cc(c1O)C=N[C@@H]1CCCC[C@H]1N=C2.[OH3+].[OH3+].[Zn+2].[Zn+2]. The topological polar surface area (TPSA) is 422 Å². The van der Waals surface area contributed by atoms with Crippen LogP contribution in [0.2, 0.25) is 20.1 Å². The van der Waals surface area contributed by atoms with Crippen molar-refractivity contribution in [1.29, 1.82) is 0 Å². The molecule has 1 aliphatic heterocycles. The van der Waals surface area contributed by atoms with E-state index < -0.39 is 10.2 Å². The molecule has 2 saturated carbocycles. The minimum Gasteiger partial charge on any atom is -0.872 e. The fourth-order valence-corrected chi connectivity index (χ4v) is 11.4. The summed E-state index contributed by atoms with van der Waals surface area (Å²) >= 11 is 27.2. The first-order valence-corrected chi connectivity index (χ1v) is 32.3. The molecule has 2 aliphatic carbocycles. The van der Waals surface area contributed by atoms with E-state index in [2.05, 4.69) is 34.1 Å². The van der Waals surface area contributed by atoms with E-state index in [9.17, 15) is 20.4 Å². The van der Waals surface area contributed by atoms with Gasteiger partial charge in [0.15, 0.2) is 0 Å². The number of hydrogen-bond donors (Lipinski definition) is 6. The van der Waals surface area contributed by atoms with Crippen molar-refractivity contribution in [1.82, 2.24) is 9.80 Å². The number of hydrogen-bond acceptors (Lipinski definition) is 20. The first-order chi connectivity index (χ1) is 45.0. The van der Waals surface area contributed by atoms with Crippen molar-refractivity contribution in [2.75, 3.05) is 39.5 Å². The molecule has 12 N–H and O–H groups in total. The second kappa shape index (κ2) is 52.7. The van der Waals surface area contributed by atoms with Crippen molar-refractivity contribution in [2.24, 2.45) is 20.0 Å². The number of fused-ring (bicyclic) bond motifs is 10. The van der Waals surface area contributed by atoms with Gasteiger partial charge in [0.1, 0.15) is 11.5 Å². The Balaban J connectivity index is 0. The van der Waals surface area contributed by atoms with E-state index in [0.29, 0.717) is 90.5 Å². The van der Waals surface area contributed by atoms with Gasteiger partial charge in [-0.05, 0) is 148 Å². The number of phenolic OH excluding ortho intramolecular Hbond substituents is 2. The number of benzene rings is 6. The van der Waals surface area contributed by atoms with Gasteiger partial charge in [-0.2, -0.15) is 0 Å². The summed E-state index contributed by atoms with van der Waals surface area (Å²) in [7, 11) is 0. The zero-order valence-electron chi connectivity index (χ0n) is 55.8. The molecule has 24 nitrogen and oxygen atoms in total. The van der Waals surface area contributed by atoms with Crippen LogP contribution in [0.25, 0.3) is 0 Å². The van der Waals surface area contributed by atoms with Gasteiger partial charge in [0.2, 0.25) is 0 Å². The molecule has 3 aliphatic rings. The summed E-state index contributed by atoms with van der Waals surface area (Å²) in [4.78, 5) is 40.8. The maximum Gasteiger partial charge on any atom is 2.00 e. The summed E-state index contributed by atoms with van der Waals surface area (Å²) in [5.74, 6) is -0.255. The summed E-state index contributed by atoms with van der Waals surface area (Å²) in [5, 5.41) is 114. The third-order valence-electron chi connectivity index (χ3n) is 14.4. The van der Waals surface area contributed by atoms with Crippen LogP contribution in [0.1, 0.15) is 135 Å². The van der Waals surface area contributed by atoms with Crippen molar-refractivity contribution in [3.8, 4) is 23.0 Å². The van der Waals surface area contributed by atoms with E-state index in [1.807, 2.05) is 36.4 Å². The van der Waals surface area contributed by atoms with Gasteiger partial charge in [-0.1, -0.05) is 144 Å². The minimum absolute atomic E-state index is 0. The first kappa shape index (κ1) is 93.7. The quantitative estimate of drug-likeness (QED) is 0.0391. The average Bonchev–Trinajstić information content (AvgIpc) is 0.830. The van der Waals surface area contributed by atoms with Crippen LogP contribution in [0.15, 0.2) is 129 Å². The molecular weight excluding hydrogens is 1460 g/mol. The van der Waals surface area contributed by atoms with Crippen LogP contribution in [-0.4, -0.2) is 139 Å². The minimum atomic E-state index is -1.75. The normalized spacial score (nSPS) is 16.4. The molecule has 30 heteroatoms. The number of phenols is 2. The summed E-state index contributed by atoms with van der Waals surface area (Å²) < 4.78 is 0. The van der Waals surface area contributed by atoms with Crippen molar-refractivity contribution in [2.45, 2.75) is 142 Å². The Morgan fingerprint density at radius 2 is 0.653 bits per heavy atom. The standard InChI is InChI=1S/C60H62Cl4N6O4.4C2H6O.2NO3.2H2O.2Zn/c61-49-23-41-31-65-53-15-7-9-17-55(53)67-33-43-25-51(63)29-47(59(43)73)37-70(22-20-40-13-5-2-6-14-40)38-48-30-52(64)26-44(60(48)74)34-68-56-18-10-8-16-54(56)66-32-42-24-50(62)28-46(58(42)72)36-69(35-45(27-49)57(41)71)21-19-39-11-3-1-4-12-39;4*1-2-3;2*2-1(3)4;;;;/h1-6,11-14,23-34,53-56,71-74H,7-10,15-22,35-38H2;4*3H,2H2,1H3;;;2*1H2;;/q;;;;;2*-1;;;2*+2/t53-,54-,55-,56-;;;;;;;;;;/m1........../s1. The molecule has 0 unspecified atom stereocenters. The molecule has 0 amide bonds. The average molecular weight is 1550 g/mol. The number of aliphatic hydroxyl groups excluding tert-OH is 4. The van der Waals surface area contributed by atoms with Crippen LogP contribution >= 0.6 is 46.4 Å². The monoisotopic (exact) mass is 1540 g/mol. The molecule has 0 radical (unpaired) electrons. The number of halogens is 4. The second-order valence-electron chi connectivity index (χ2n) is 21.5. The summed E-state index contributed by atoms with van der Waals surface area (Å²) in [6.07, 6.45) is 14.9. The van der Waals surface area contributed by atoms with Crippen molar-refractivity contribution in [3.63, 3.8) is 0 Å². The first-order valence-electron chi connectivity index (χ1n) is 30.8. The zero-order chi connectivity index (χ0) is 69.5. The predicted octanol–water partition coefficient (Wildman–Crippen LogP) is 10.0. The van der Waals surface area contributed by atoms with E-state index in [4.69, 9.17) is 117 Å². The second-order valence-corrected chi connectivity index (χ2v) is 23.3. The largest absolute Gasteiger partial charge is 2.00 e. The Morgan fingerprint density at radius 3 is 0.918 bits per heavy atom. The van der Waals surface area contributed by atoms with Gasteiger partial charge in [0.25, 0.3) is 0 Å². The number of aromatic hydroxyl groups is 2. The molecule has 2 fully saturated rings. The van der Waals surface area contributed by atoms with Crippen molar-refractivity contribution < 1.29 is 101 Å². The molecule has 1 heterocycles. The van der Waals surface area contributed by atoms with Crippen molar-refractivity contribution >= 4 is 71.3 Å². The number of aliphatic imine (C=N–C) groups is 4. The molecule has 6 aromatic carbocycles. The number of aliphatic hydroxyl groups is 4. The van der Waals surface area contributed by atoms with Gasteiger partial charge in [-0.15, -0.1) is 0 Å². The van der Waals surface area contributed by atoms with E-state index in [0.717, 1.165) is 62.5 Å². The van der Waals surface area contributed by atoms with Gasteiger partial charge < -0.3 is 82.4 Å². The van der Waals surface area contributed by atoms with Gasteiger partial charge in [0, 0.05) is 133 Å². The maximum absolute atomic E-state index is 14.4. The maximum atomic E-state index is 14.4. The Morgan fingerprint density at radius 1 is 0.429 bits per heavy atom. The summed E-state index contributed by atoms with van der Waals surface area (Å²) in [6, 6.07) is 33.0. The Kier molecular flexibility index (Phi) is 50.4. The fraction of sp³-hybridized carbons (Fsp3) is 0.412. The fourth-order valence-electron chi connectivity index (χ4n) is 10.4. The van der Waals surface area contributed by atoms with Gasteiger partial charge in [0.05, 0.1) is 34.3 Å². The smallest absolute Gasteiger partial charge is 0.872 e. The van der Waals surface area contributed by atoms with Crippen LogP contribution < -0.4 is 10.2 Å². The molecule has 528 valence electrons. The summed E-state index contributed by atoms with van der Waals surface area (Å²) in [6.45, 7) is 9.90.